The minimum atomic E-state index is -0.407. The number of para-hydroxylation sites is 3. The summed E-state index contributed by atoms with van der Waals surface area (Å²) < 4.78 is 0. The molecule has 1 spiro atoms. The highest BCUT2D eigenvalue weighted by atomic mass is 15.2. The quantitative estimate of drug-likeness (QED) is 0.221. The molecule has 7 aromatic rings. The van der Waals surface area contributed by atoms with Gasteiger partial charge in [0.2, 0.25) is 0 Å². The molecule has 0 N–H and O–H groups in total. The Bertz CT molecular complexity index is 2080. The van der Waals surface area contributed by atoms with Crippen LogP contribution in [0.1, 0.15) is 22.3 Å². The molecule has 0 unspecified atom stereocenters. The fraction of sp³-hybridized carbons (Fsp3) is 0.0256. The summed E-state index contributed by atoms with van der Waals surface area (Å²) in [6.45, 7) is 0. The van der Waals surface area contributed by atoms with Gasteiger partial charge in [-0.3, -0.25) is 0 Å². The zero-order chi connectivity index (χ0) is 27.7. The highest BCUT2D eigenvalue weighted by Gasteiger charge is 2.51. The Kier molecular flexibility index (Phi) is 4.82. The summed E-state index contributed by atoms with van der Waals surface area (Å²) in [6.07, 6.45) is 1.91. The molecule has 1 aromatic heterocycles. The van der Waals surface area contributed by atoms with Crippen LogP contribution < -0.4 is 4.90 Å². The van der Waals surface area contributed by atoms with Gasteiger partial charge in [-0.15, -0.1) is 0 Å². The van der Waals surface area contributed by atoms with Gasteiger partial charge >= 0.3 is 0 Å². The van der Waals surface area contributed by atoms with Gasteiger partial charge in [0.25, 0.3) is 0 Å². The van der Waals surface area contributed by atoms with Crippen molar-refractivity contribution < 1.29 is 0 Å². The van der Waals surface area contributed by atoms with Crippen molar-refractivity contribution in [3.63, 3.8) is 0 Å². The first kappa shape index (κ1) is 23.2. The molecule has 0 atom stereocenters. The lowest BCUT2D eigenvalue weighted by Crippen LogP contribution is -2.36. The first-order valence-electron chi connectivity index (χ1n) is 14.3. The molecule has 0 radical (unpaired) electrons. The number of rotatable bonds is 2. The normalized spacial score (nSPS) is 13.9. The van der Waals surface area contributed by atoms with Gasteiger partial charge in [0, 0.05) is 22.8 Å². The van der Waals surface area contributed by atoms with E-state index in [2.05, 4.69) is 126 Å². The number of benzene rings is 6. The maximum Gasteiger partial charge on any atom is 0.159 e. The summed E-state index contributed by atoms with van der Waals surface area (Å²) >= 11 is 0. The van der Waals surface area contributed by atoms with Crippen molar-refractivity contribution in [2.75, 3.05) is 4.90 Å². The van der Waals surface area contributed by atoms with Gasteiger partial charge in [-0.1, -0.05) is 115 Å². The molecule has 42 heavy (non-hydrogen) atoms. The minimum Gasteiger partial charge on any atom is -0.310 e. The van der Waals surface area contributed by atoms with E-state index in [1.54, 1.807) is 0 Å². The van der Waals surface area contributed by atoms with Crippen molar-refractivity contribution in [2.24, 2.45) is 0 Å². The van der Waals surface area contributed by atoms with Gasteiger partial charge in [-0.05, 0) is 63.7 Å². The van der Waals surface area contributed by atoms with Crippen LogP contribution in [-0.4, -0.2) is 9.97 Å². The van der Waals surface area contributed by atoms with E-state index in [9.17, 15) is 0 Å². The van der Waals surface area contributed by atoms with Crippen LogP contribution in [0.15, 0.2) is 152 Å². The van der Waals surface area contributed by atoms with E-state index in [1.165, 1.54) is 44.8 Å². The highest BCUT2D eigenvalue weighted by Crippen LogP contribution is 2.63. The smallest absolute Gasteiger partial charge is 0.159 e. The van der Waals surface area contributed by atoms with Crippen LogP contribution in [0.3, 0.4) is 0 Å². The monoisotopic (exact) mass is 535 g/mol. The number of hydrogen-bond donors (Lipinski definition) is 0. The zero-order valence-electron chi connectivity index (χ0n) is 22.8. The van der Waals surface area contributed by atoms with E-state index in [-0.39, 0.29) is 0 Å². The number of nitrogens with zero attached hydrogens (tertiary/aromatic N) is 3. The number of anilines is 3. The van der Waals surface area contributed by atoms with Crippen LogP contribution in [0.2, 0.25) is 0 Å². The molecular formula is C39H25N3. The van der Waals surface area contributed by atoms with Crippen LogP contribution in [-0.2, 0) is 5.41 Å². The zero-order valence-corrected chi connectivity index (χ0v) is 22.8. The third kappa shape index (κ3) is 3.05. The SMILES string of the molecule is c1cc(-c2ncc3ccccc3n2)cc(N2c3ccccc3C3(c4ccccc4-c4ccccc43)c3ccccc32)c1. The molecule has 3 nitrogen and oxygen atoms in total. The Balaban J connectivity index is 1.30. The summed E-state index contributed by atoms with van der Waals surface area (Å²) in [5, 5.41) is 1.04. The highest BCUT2D eigenvalue weighted by molar-refractivity contribution is 5.96. The van der Waals surface area contributed by atoms with Crippen molar-refractivity contribution in [2.45, 2.75) is 5.41 Å². The Hall–Kier alpha value is -5.54. The molecule has 196 valence electrons. The first-order valence-corrected chi connectivity index (χ1v) is 14.3. The lowest BCUT2D eigenvalue weighted by atomic mass is 9.64. The summed E-state index contributed by atoms with van der Waals surface area (Å²) in [5.41, 5.74) is 12.8. The standard InChI is InChI=1S/C39H25N3/c1-8-21-35-27(12-1)25-40-38(41-35)26-13-11-14-28(24-26)42-36-22-9-6-19-33(36)39(34-20-7-10-23-37(34)42)31-17-4-2-15-29(31)30-16-3-5-18-32(30)39/h1-25H. The Morgan fingerprint density at radius 1 is 0.500 bits per heavy atom. The van der Waals surface area contributed by atoms with E-state index in [4.69, 9.17) is 9.97 Å². The van der Waals surface area contributed by atoms with E-state index in [1.807, 2.05) is 30.5 Å². The average molecular weight is 536 g/mol. The van der Waals surface area contributed by atoms with Gasteiger partial charge in [0.05, 0.1) is 22.3 Å². The molecule has 0 fully saturated rings. The van der Waals surface area contributed by atoms with Gasteiger partial charge in [-0.25, -0.2) is 9.97 Å². The Morgan fingerprint density at radius 3 is 1.76 bits per heavy atom. The average Bonchev–Trinajstić information content (AvgIpc) is 3.36. The second-order valence-corrected chi connectivity index (χ2v) is 11.0. The molecule has 2 aliphatic rings. The van der Waals surface area contributed by atoms with Crippen molar-refractivity contribution >= 4 is 28.0 Å². The Morgan fingerprint density at radius 2 is 1.07 bits per heavy atom. The maximum absolute atomic E-state index is 4.90. The molecule has 1 aliphatic heterocycles. The summed E-state index contributed by atoms with van der Waals surface area (Å²) in [4.78, 5) is 12.0. The molecule has 1 aliphatic carbocycles. The topological polar surface area (TPSA) is 29.0 Å². The molecule has 3 heteroatoms. The van der Waals surface area contributed by atoms with Crippen LogP contribution >= 0.6 is 0 Å². The lowest BCUT2D eigenvalue weighted by Gasteiger charge is -2.45. The molecule has 0 amide bonds. The Labute approximate surface area is 244 Å². The number of aromatic nitrogens is 2. The van der Waals surface area contributed by atoms with Gasteiger partial charge < -0.3 is 4.90 Å². The minimum absolute atomic E-state index is 0.407. The summed E-state index contributed by atoms with van der Waals surface area (Å²) in [7, 11) is 0. The third-order valence-corrected chi connectivity index (χ3v) is 8.90. The predicted octanol–water partition coefficient (Wildman–Crippen LogP) is 9.44. The molecule has 9 rings (SSSR count). The predicted molar refractivity (Wildman–Crippen MR) is 171 cm³/mol. The first-order chi connectivity index (χ1) is 20.8. The van der Waals surface area contributed by atoms with Crippen LogP contribution in [0.5, 0.6) is 0 Å². The summed E-state index contributed by atoms with van der Waals surface area (Å²) in [6, 6.07) is 52.4. The van der Waals surface area contributed by atoms with E-state index >= 15 is 0 Å². The molecule has 6 aromatic carbocycles. The number of fused-ring (bicyclic) bond motifs is 10. The van der Waals surface area contributed by atoms with Crippen molar-refractivity contribution in [1.82, 2.24) is 9.97 Å². The molecule has 0 saturated heterocycles. The van der Waals surface area contributed by atoms with Gasteiger partial charge in [0.15, 0.2) is 5.82 Å². The molecule has 0 saturated carbocycles. The van der Waals surface area contributed by atoms with Crippen LogP contribution in [0, 0.1) is 0 Å². The maximum atomic E-state index is 4.90. The third-order valence-electron chi connectivity index (χ3n) is 8.90. The lowest BCUT2D eigenvalue weighted by molar-refractivity contribution is 0.752. The van der Waals surface area contributed by atoms with Gasteiger partial charge in [0.1, 0.15) is 0 Å². The van der Waals surface area contributed by atoms with Crippen molar-refractivity contribution in [3.05, 3.63) is 174 Å². The fourth-order valence-corrected chi connectivity index (χ4v) is 7.24. The van der Waals surface area contributed by atoms with E-state index in [0.29, 0.717) is 0 Å². The van der Waals surface area contributed by atoms with E-state index in [0.717, 1.165) is 28.0 Å². The molecular weight excluding hydrogens is 510 g/mol. The fourth-order valence-electron chi connectivity index (χ4n) is 7.24. The largest absolute Gasteiger partial charge is 0.310 e. The second-order valence-electron chi connectivity index (χ2n) is 11.0. The van der Waals surface area contributed by atoms with Crippen molar-refractivity contribution in [3.8, 4) is 22.5 Å². The van der Waals surface area contributed by atoms with Crippen LogP contribution in [0.4, 0.5) is 17.1 Å². The van der Waals surface area contributed by atoms with Gasteiger partial charge in [-0.2, -0.15) is 0 Å². The van der Waals surface area contributed by atoms with Crippen molar-refractivity contribution in [1.29, 1.82) is 0 Å². The molecule has 0 bridgehead atoms. The number of hydrogen-bond acceptors (Lipinski definition) is 3. The van der Waals surface area contributed by atoms with Crippen LogP contribution in [0.25, 0.3) is 33.4 Å². The second kappa shape index (κ2) is 8.73. The van der Waals surface area contributed by atoms with E-state index < -0.39 is 5.41 Å². The summed E-state index contributed by atoms with van der Waals surface area (Å²) in [5.74, 6) is 0.726. The molecule has 2 heterocycles.